The highest BCUT2D eigenvalue weighted by Crippen LogP contribution is 2.45. The van der Waals surface area contributed by atoms with Gasteiger partial charge in [0, 0.05) is 0 Å². The average Bonchev–Trinajstić information content (AvgIpc) is 2.93. The lowest BCUT2D eigenvalue weighted by atomic mass is 9.88. The van der Waals surface area contributed by atoms with Crippen molar-refractivity contribution in [2.45, 2.75) is 70.4 Å². The standard InChI is InChI=1S/C16H28Cl2Si/c1-19(17,18)11-7-5-3-2-4-6-8-15-12-14-9-10-16(15)13-14/h9-10,14-16H,2-8,11-13H2,1H3. The topological polar surface area (TPSA) is 0 Å². The molecule has 110 valence electrons. The van der Waals surface area contributed by atoms with Gasteiger partial charge in [0.2, 0.25) is 6.69 Å². The third-order valence-corrected chi connectivity index (χ3v) is 7.22. The summed E-state index contributed by atoms with van der Waals surface area (Å²) in [5.74, 6) is 2.91. The minimum absolute atomic E-state index is 0.944. The zero-order valence-corrected chi connectivity index (χ0v) is 14.7. The first-order valence-electron chi connectivity index (χ1n) is 8.11. The van der Waals surface area contributed by atoms with Gasteiger partial charge in [-0.2, -0.15) is 0 Å². The van der Waals surface area contributed by atoms with E-state index in [2.05, 4.69) is 12.2 Å². The Bertz CT molecular complexity index is 296. The molecule has 2 rings (SSSR count). The Morgan fingerprint density at radius 2 is 1.63 bits per heavy atom. The van der Waals surface area contributed by atoms with Crippen molar-refractivity contribution in [2.24, 2.45) is 17.8 Å². The number of unbranched alkanes of at least 4 members (excludes halogenated alkanes) is 5. The molecule has 1 fully saturated rings. The minimum atomic E-state index is -1.82. The second-order valence-corrected chi connectivity index (χ2v) is 15.0. The molecule has 3 unspecified atom stereocenters. The number of allylic oxidation sites excluding steroid dienone is 2. The van der Waals surface area contributed by atoms with Crippen LogP contribution >= 0.6 is 22.2 Å². The van der Waals surface area contributed by atoms with Crippen LogP contribution < -0.4 is 0 Å². The maximum absolute atomic E-state index is 6.10. The van der Waals surface area contributed by atoms with Gasteiger partial charge in [-0.05, 0) is 49.6 Å². The highest BCUT2D eigenvalue weighted by Gasteiger charge is 2.34. The van der Waals surface area contributed by atoms with Gasteiger partial charge >= 0.3 is 0 Å². The van der Waals surface area contributed by atoms with E-state index in [1.807, 2.05) is 6.55 Å². The Morgan fingerprint density at radius 1 is 0.947 bits per heavy atom. The van der Waals surface area contributed by atoms with Crippen molar-refractivity contribution < 1.29 is 0 Å². The summed E-state index contributed by atoms with van der Waals surface area (Å²) in [4.78, 5) is 0. The zero-order chi connectivity index (χ0) is 13.7. The molecule has 2 aliphatic rings. The predicted molar refractivity (Wildman–Crippen MR) is 89.3 cm³/mol. The molecule has 19 heavy (non-hydrogen) atoms. The van der Waals surface area contributed by atoms with E-state index in [1.54, 1.807) is 0 Å². The Kier molecular flexibility index (Phi) is 6.30. The molecule has 3 heteroatoms. The van der Waals surface area contributed by atoms with E-state index in [0.29, 0.717) is 0 Å². The van der Waals surface area contributed by atoms with Crippen molar-refractivity contribution in [1.29, 1.82) is 0 Å². The maximum atomic E-state index is 6.10. The van der Waals surface area contributed by atoms with E-state index in [0.717, 1.165) is 23.8 Å². The third-order valence-electron chi connectivity index (χ3n) is 4.86. The van der Waals surface area contributed by atoms with Crippen LogP contribution in [0.15, 0.2) is 12.2 Å². The molecule has 0 amide bonds. The normalized spacial score (nSPS) is 29.3. The Balaban J connectivity index is 1.40. The van der Waals surface area contributed by atoms with Crippen LogP contribution in [0.3, 0.4) is 0 Å². The Labute approximate surface area is 129 Å². The average molecular weight is 319 g/mol. The summed E-state index contributed by atoms with van der Waals surface area (Å²) < 4.78 is 0. The molecular weight excluding hydrogens is 291 g/mol. The second-order valence-electron chi connectivity index (χ2n) is 6.77. The number of rotatable bonds is 9. The Hall–Kier alpha value is 0.537. The lowest BCUT2D eigenvalue weighted by Gasteiger charge is -2.17. The Morgan fingerprint density at radius 3 is 2.21 bits per heavy atom. The SMILES string of the molecule is C[Si](Cl)(Cl)CCCCCCCCC1CC2C=CC1C2. The molecular formula is C16H28Cl2Si. The fourth-order valence-corrected chi connectivity index (χ4v) is 5.45. The van der Waals surface area contributed by atoms with Gasteiger partial charge in [-0.25, -0.2) is 0 Å². The molecule has 0 radical (unpaired) electrons. The molecule has 3 atom stereocenters. The van der Waals surface area contributed by atoms with Crippen LogP contribution in [0.1, 0.15) is 57.8 Å². The van der Waals surface area contributed by atoms with Crippen molar-refractivity contribution >= 4 is 28.9 Å². The first kappa shape index (κ1) is 15.9. The van der Waals surface area contributed by atoms with Crippen molar-refractivity contribution in [3.63, 3.8) is 0 Å². The van der Waals surface area contributed by atoms with E-state index in [1.165, 1.54) is 57.8 Å². The summed E-state index contributed by atoms with van der Waals surface area (Å²) in [5, 5.41) is 0. The van der Waals surface area contributed by atoms with Crippen molar-refractivity contribution in [3.05, 3.63) is 12.2 Å². The van der Waals surface area contributed by atoms with E-state index in [-0.39, 0.29) is 0 Å². The molecule has 0 N–H and O–H groups in total. The molecule has 0 aromatic carbocycles. The highest BCUT2D eigenvalue weighted by molar-refractivity contribution is 7.44. The largest absolute Gasteiger partial charge is 0.248 e. The van der Waals surface area contributed by atoms with Crippen LogP contribution in [0.25, 0.3) is 0 Å². The van der Waals surface area contributed by atoms with E-state index < -0.39 is 6.69 Å². The molecule has 2 aliphatic carbocycles. The van der Waals surface area contributed by atoms with Gasteiger partial charge in [0.1, 0.15) is 0 Å². The molecule has 0 nitrogen and oxygen atoms in total. The van der Waals surface area contributed by atoms with Gasteiger partial charge < -0.3 is 0 Å². The molecule has 2 bridgehead atoms. The van der Waals surface area contributed by atoms with E-state index in [4.69, 9.17) is 22.2 Å². The van der Waals surface area contributed by atoms with Crippen LogP contribution in [0.2, 0.25) is 12.6 Å². The first-order chi connectivity index (χ1) is 9.04. The van der Waals surface area contributed by atoms with Crippen LogP contribution in [-0.2, 0) is 0 Å². The lowest BCUT2D eigenvalue weighted by Crippen LogP contribution is -2.11. The van der Waals surface area contributed by atoms with Crippen LogP contribution in [0, 0.1) is 17.8 Å². The van der Waals surface area contributed by atoms with Crippen LogP contribution in [-0.4, -0.2) is 6.69 Å². The van der Waals surface area contributed by atoms with Crippen molar-refractivity contribution in [1.82, 2.24) is 0 Å². The van der Waals surface area contributed by atoms with Crippen molar-refractivity contribution in [2.75, 3.05) is 0 Å². The first-order valence-corrected chi connectivity index (χ1v) is 12.8. The predicted octanol–water partition coefficient (Wildman–Crippen LogP) is 6.48. The van der Waals surface area contributed by atoms with E-state index >= 15 is 0 Å². The van der Waals surface area contributed by atoms with Gasteiger partial charge in [0.05, 0.1) is 0 Å². The highest BCUT2D eigenvalue weighted by atomic mass is 35.7. The van der Waals surface area contributed by atoms with Gasteiger partial charge in [-0.15, -0.1) is 22.2 Å². The summed E-state index contributed by atoms with van der Waals surface area (Å²) in [6.45, 7) is 0.207. The van der Waals surface area contributed by atoms with Gasteiger partial charge in [-0.1, -0.05) is 50.7 Å². The quantitative estimate of drug-likeness (QED) is 0.197. The summed E-state index contributed by atoms with van der Waals surface area (Å²) in [6, 6.07) is 1.06. The lowest BCUT2D eigenvalue weighted by molar-refractivity contribution is 0.394. The van der Waals surface area contributed by atoms with Gasteiger partial charge in [0.15, 0.2) is 0 Å². The molecule has 0 aromatic heterocycles. The maximum Gasteiger partial charge on any atom is 0.248 e. The summed E-state index contributed by atoms with van der Waals surface area (Å²) >= 11 is 12.2. The molecule has 1 saturated carbocycles. The molecule has 0 spiro atoms. The van der Waals surface area contributed by atoms with E-state index in [9.17, 15) is 0 Å². The van der Waals surface area contributed by atoms with Gasteiger partial charge in [0.25, 0.3) is 0 Å². The van der Waals surface area contributed by atoms with Crippen molar-refractivity contribution in [3.8, 4) is 0 Å². The molecule has 0 aliphatic heterocycles. The van der Waals surface area contributed by atoms with Crippen LogP contribution in [0.5, 0.6) is 0 Å². The fraction of sp³-hybridized carbons (Fsp3) is 0.875. The number of halogens is 2. The zero-order valence-electron chi connectivity index (χ0n) is 12.2. The third kappa shape index (κ3) is 5.81. The summed E-state index contributed by atoms with van der Waals surface area (Å²) in [7, 11) is 0. The number of hydrogen-bond donors (Lipinski definition) is 0. The summed E-state index contributed by atoms with van der Waals surface area (Å²) in [6.07, 6.45) is 17.5. The molecule has 0 aromatic rings. The fourth-order valence-electron chi connectivity index (χ4n) is 3.78. The number of hydrogen-bond acceptors (Lipinski definition) is 0. The number of fused-ring (bicyclic) bond motifs is 2. The minimum Gasteiger partial charge on any atom is -0.146 e. The molecule has 0 saturated heterocycles. The monoisotopic (exact) mass is 318 g/mol. The summed E-state index contributed by atoms with van der Waals surface area (Å²) in [5.41, 5.74) is 0. The second kappa shape index (κ2) is 7.52. The smallest absolute Gasteiger partial charge is 0.146 e. The molecule has 0 heterocycles. The van der Waals surface area contributed by atoms with Crippen LogP contribution in [0.4, 0.5) is 0 Å². The van der Waals surface area contributed by atoms with Gasteiger partial charge in [-0.3, -0.25) is 0 Å².